The average Bonchev–Trinajstić information content (AvgIpc) is 2.33. The van der Waals surface area contributed by atoms with Crippen LogP contribution in [0.1, 0.15) is 25.7 Å². The van der Waals surface area contributed by atoms with E-state index < -0.39 is 0 Å². The second-order valence-corrected chi connectivity index (χ2v) is 4.32. The van der Waals surface area contributed by atoms with Crippen LogP contribution >= 0.6 is 0 Å². The van der Waals surface area contributed by atoms with Gasteiger partial charge in [0.25, 0.3) is 0 Å². The number of nitrogens with zero attached hydrogens (tertiary/aromatic N) is 1. The minimum Gasteiger partial charge on any atom is -0.365 e. The van der Waals surface area contributed by atoms with Crippen LogP contribution in [0.5, 0.6) is 0 Å². The fourth-order valence-corrected chi connectivity index (χ4v) is 2.21. The highest BCUT2D eigenvalue weighted by Gasteiger charge is 2.20. The van der Waals surface area contributed by atoms with Crippen molar-refractivity contribution in [2.75, 3.05) is 12.4 Å². The molecule has 0 spiro atoms. The van der Waals surface area contributed by atoms with Crippen LogP contribution in [0.4, 0.5) is 10.2 Å². The van der Waals surface area contributed by atoms with Gasteiger partial charge >= 0.3 is 0 Å². The van der Waals surface area contributed by atoms with Gasteiger partial charge in [0, 0.05) is 18.3 Å². The first-order chi connectivity index (χ1) is 7.79. The molecule has 1 aliphatic carbocycles. The number of pyridine rings is 1. The van der Waals surface area contributed by atoms with Crippen molar-refractivity contribution < 1.29 is 4.39 Å². The largest absolute Gasteiger partial charge is 0.365 e. The van der Waals surface area contributed by atoms with Crippen LogP contribution in [0, 0.1) is 5.82 Å². The van der Waals surface area contributed by atoms with Gasteiger partial charge in [-0.15, -0.1) is 0 Å². The average molecular weight is 223 g/mol. The molecule has 0 aromatic carbocycles. The van der Waals surface area contributed by atoms with Crippen molar-refractivity contribution in [1.29, 1.82) is 0 Å². The van der Waals surface area contributed by atoms with Gasteiger partial charge in [-0.3, -0.25) is 0 Å². The maximum Gasteiger partial charge on any atom is 0.165 e. The first-order valence-electron chi connectivity index (χ1n) is 5.84. The lowest BCUT2D eigenvalue weighted by Gasteiger charge is -2.29. The van der Waals surface area contributed by atoms with Gasteiger partial charge in [-0.05, 0) is 44.9 Å². The van der Waals surface area contributed by atoms with Crippen molar-refractivity contribution in [2.24, 2.45) is 0 Å². The summed E-state index contributed by atoms with van der Waals surface area (Å²) in [6, 6.07) is 4.02. The Bertz CT molecular complexity index is 335. The third-order valence-electron chi connectivity index (χ3n) is 3.23. The van der Waals surface area contributed by atoms with Crippen LogP contribution in [0.15, 0.2) is 18.3 Å². The highest BCUT2D eigenvalue weighted by molar-refractivity contribution is 5.36. The van der Waals surface area contributed by atoms with Crippen molar-refractivity contribution in [3.63, 3.8) is 0 Å². The molecule has 1 aromatic heterocycles. The first-order valence-corrected chi connectivity index (χ1v) is 5.84. The van der Waals surface area contributed by atoms with Crippen molar-refractivity contribution in [3.05, 3.63) is 24.1 Å². The summed E-state index contributed by atoms with van der Waals surface area (Å²) in [5.41, 5.74) is 0. The molecule has 0 aliphatic heterocycles. The van der Waals surface area contributed by atoms with Crippen LogP contribution in [-0.2, 0) is 0 Å². The highest BCUT2D eigenvalue weighted by Crippen LogP contribution is 2.22. The Labute approximate surface area is 95.5 Å². The zero-order valence-electron chi connectivity index (χ0n) is 9.54. The number of nitrogens with one attached hydrogen (secondary N) is 2. The van der Waals surface area contributed by atoms with Gasteiger partial charge in [0.05, 0.1) is 0 Å². The zero-order valence-corrected chi connectivity index (χ0v) is 9.54. The molecule has 0 unspecified atom stereocenters. The number of hydrogen-bond acceptors (Lipinski definition) is 3. The predicted molar refractivity (Wildman–Crippen MR) is 62.9 cm³/mol. The molecular formula is C12H18FN3. The molecule has 88 valence electrons. The van der Waals surface area contributed by atoms with Gasteiger partial charge in [0.1, 0.15) is 0 Å². The van der Waals surface area contributed by atoms with Gasteiger partial charge in [-0.25, -0.2) is 9.37 Å². The molecule has 1 saturated carbocycles. The highest BCUT2D eigenvalue weighted by atomic mass is 19.1. The fraction of sp³-hybridized carbons (Fsp3) is 0.583. The number of anilines is 1. The van der Waals surface area contributed by atoms with Crippen LogP contribution in [0.25, 0.3) is 0 Å². The van der Waals surface area contributed by atoms with Crippen LogP contribution in [0.3, 0.4) is 0 Å². The van der Waals surface area contributed by atoms with Gasteiger partial charge in [0.2, 0.25) is 0 Å². The van der Waals surface area contributed by atoms with Crippen LogP contribution < -0.4 is 10.6 Å². The molecule has 2 rings (SSSR count). The summed E-state index contributed by atoms with van der Waals surface area (Å²) in [5.74, 6) is 0.119. The van der Waals surface area contributed by atoms with Crippen molar-refractivity contribution in [2.45, 2.75) is 37.8 Å². The lowest BCUT2D eigenvalue weighted by atomic mass is 9.91. The molecule has 0 amide bonds. The van der Waals surface area contributed by atoms with Crippen LogP contribution in [0.2, 0.25) is 0 Å². The summed E-state index contributed by atoms with van der Waals surface area (Å²) >= 11 is 0. The van der Waals surface area contributed by atoms with E-state index in [1.807, 2.05) is 7.05 Å². The summed E-state index contributed by atoms with van der Waals surface area (Å²) in [6.07, 6.45) is 6.04. The molecule has 3 nitrogen and oxygen atoms in total. The SMILES string of the molecule is CNC1CCC(Nc2ncccc2F)CC1. The molecule has 4 heteroatoms. The van der Waals surface area contributed by atoms with E-state index in [9.17, 15) is 4.39 Å². The van der Waals surface area contributed by atoms with E-state index in [1.54, 1.807) is 12.3 Å². The van der Waals surface area contributed by atoms with Gasteiger partial charge < -0.3 is 10.6 Å². The maximum absolute atomic E-state index is 13.4. The smallest absolute Gasteiger partial charge is 0.165 e. The Hall–Kier alpha value is -1.16. The van der Waals surface area contributed by atoms with Crippen molar-refractivity contribution in [3.8, 4) is 0 Å². The number of hydrogen-bond donors (Lipinski definition) is 2. The van der Waals surface area contributed by atoms with E-state index >= 15 is 0 Å². The summed E-state index contributed by atoms with van der Waals surface area (Å²) in [6.45, 7) is 0. The minimum absolute atomic E-state index is 0.266. The van der Waals surface area contributed by atoms with E-state index in [1.165, 1.54) is 6.07 Å². The van der Waals surface area contributed by atoms with E-state index in [-0.39, 0.29) is 5.82 Å². The number of halogens is 1. The Kier molecular flexibility index (Phi) is 3.72. The second kappa shape index (κ2) is 5.25. The third kappa shape index (κ3) is 2.70. The molecule has 0 bridgehead atoms. The molecule has 1 aromatic rings. The maximum atomic E-state index is 13.4. The summed E-state index contributed by atoms with van der Waals surface area (Å²) in [4.78, 5) is 4.01. The lowest BCUT2D eigenvalue weighted by Crippen LogP contribution is -2.35. The topological polar surface area (TPSA) is 37.0 Å². The van der Waals surface area contributed by atoms with E-state index in [2.05, 4.69) is 15.6 Å². The first kappa shape index (κ1) is 11.3. The molecule has 0 radical (unpaired) electrons. The standard InChI is InChI=1S/C12H18FN3/c1-14-9-4-6-10(7-5-9)16-12-11(13)3-2-8-15-12/h2-3,8-10,14H,4-7H2,1H3,(H,15,16). The molecule has 2 N–H and O–H groups in total. The summed E-state index contributed by atoms with van der Waals surface area (Å²) < 4.78 is 13.4. The van der Waals surface area contributed by atoms with E-state index in [0.29, 0.717) is 17.9 Å². The van der Waals surface area contributed by atoms with Crippen molar-refractivity contribution >= 4 is 5.82 Å². The summed E-state index contributed by atoms with van der Waals surface area (Å²) in [7, 11) is 2.00. The molecule has 16 heavy (non-hydrogen) atoms. The molecule has 1 aliphatic rings. The lowest BCUT2D eigenvalue weighted by molar-refractivity contribution is 0.370. The number of aromatic nitrogens is 1. The van der Waals surface area contributed by atoms with Gasteiger partial charge in [0.15, 0.2) is 11.6 Å². The van der Waals surface area contributed by atoms with E-state index in [0.717, 1.165) is 25.7 Å². The monoisotopic (exact) mass is 223 g/mol. The third-order valence-corrected chi connectivity index (χ3v) is 3.23. The van der Waals surface area contributed by atoms with Gasteiger partial charge in [-0.2, -0.15) is 0 Å². The van der Waals surface area contributed by atoms with E-state index in [4.69, 9.17) is 0 Å². The Morgan fingerprint density at radius 3 is 2.56 bits per heavy atom. The summed E-state index contributed by atoms with van der Waals surface area (Å²) in [5, 5.41) is 6.46. The van der Waals surface area contributed by atoms with Crippen molar-refractivity contribution in [1.82, 2.24) is 10.3 Å². The molecule has 0 atom stereocenters. The Morgan fingerprint density at radius 2 is 1.94 bits per heavy atom. The van der Waals surface area contributed by atoms with Crippen LogP contribution in [-0.4, -0.2) is 24.1 Å². The zero-order chi connectivity index (χ0) is 11.4. The Morgan fingerprint density at radius 1 is 1.25 bits per heavy atom. The second-order valence-electron chi connectivity index (χ2n) is 4.32. The minimum atomic E-state index is -0.266. The molecule has 1 heterocycles. The molecule has 1 fully saturated rings. The molecule has 0 saturated heterocycles. The Balaban J connectivity index is 1.89. The quantitative estimate of drug-likeness (QED) is 0.824. The molecular weight excluding hydrogens is 205 g/mol. The predicted octanol–water partition coefficient (Wildman–Crippen LogP) is 2.16. The van der Waals surface area contributed by atoms with Gasteiger partial charge in [-0.1, -0.05) is 0 Å². The number of rotatable bonds is 3. The normalized spacial score (nSPS) is 25.4. The fourth-order valence-electron chi connectivity index (χ4n) is 2.21.